The van der Waals surface area contributed by atoms with Crippen LogP contribution in [0.1, 0.15) is 11.1 Å². The predicted molar refractivity (Wildman–Crippen MR) is 93.9 cm³/mol. The number of phenolic OH excluding ortho intramolecular Hbond substituents is 1. The summed E-state index contributed by atoms with van der Waals surface area (Å²) >= 11 is 0. The molecule has 0 aromatic heterocycles. The molecular weight excluding hydrogens is 308 g/mol. The molecule has 2 N–H and O–H groups in total. The van der Waals surface area contributed by atoms with Crippen LogP contribution in [0.4, 0.5) is 0 Å². The molecule has 0 aliphatic rings. The van der Waals surface area contributed by atoms with Gasteiger partial charge in [0.05, 0.1) is 11.1 Å². The van der Waals surface area contributed by atoms with Gasteiger partial charge in [0.2, 0.25) is 0 Å². The monoisotopic (exact) mass is 324 g/mol. The number of nitrogens with zero attached hydrogens (tertiary/aromatic N) is 1. The number of benzene rings is 3. The molecule has 1 unspecified atom stereocenters. The Morgan fingerprint density at radius 2 is 1.78 bits per heavy atom. The molecule has 5 heteroatoms. The van der Waals surface area contributed by atoms with Gasteiger partial charge in [-0.05, 0) is 35.9 Å². The lowest BCUT2D eigenvalue weighted by Gasteiger charge is -2.05. The lowest BCUT2D eigenvalue weighted by atomic mass is 10.0. The third kappa shape index (κ3) is 3.40. The standard InChI is InChI=1S/C18H16N2O2S/c1-13-6-9-15(10-7-13)23(22)20-19-12-17-16-5-3-2-4-14(16)8-11-18(17)21/h2-12,20-21H,1H3/b19-12+. The van der Waals surface area contributed by atoms with Crippen molar-refractivity contribution in [2.24, 2.45) is 5.10 Å². The minimum atomic E-state index is -1.44. The predicted octanol–water partition coefficient (Wildman–Crippen LogP) is 3.50. The number of phenols is 1. The van der Waals surface area contributed by atoms with Gasteiger partial charge in [-0.3, -0.25) is 0 Å². The maximum absolute atomic E-state index is 12.1. The summed E-state index contributed by atoms with van der Waals surface area (Å²) in [6, 6.07) is 18.6. The maximum atomic E-state index is 12.1. The normalized spacial score (nSPS) is 12.6. The van der Waals surface area contributed by atoms with Crippen molar-refractivity contribution in [3.63, 3.8) is 0 Å². The van der Waals surface area contributed by atoms with Crippen molar-refractivity contribution < 1.29 is 9.32 Å². The molecule has 0 aliphatic heterocycles. The van der Waals surface area contributed by atoms with Gasteiger partial charge in [0.1, 0.15) is 5.75 Å². The number of hydrazone groups is 1. The van der Waals surface area contributed by atoms with E-state index in [4.69, 9.17) is 0 Å². The van der Waals surface area contributed by atoms with E-state index in [0.29, 0.717) is 10.5 Å². The average Bonchev–Trinajstić information content (AvgIpc) is 2.57. The number of aromatic hydroxyl groups is 1. The van der Waals surface area contributed by atoms with E-state index < -0.39 is 11.0 Å². The van der Waals surface area contributed by atoms with E-state index >= 15 is 0 Å². The summed E-state index contributed by atoms with van der Waals surface area (Å²) in [6.45, 7) is 1.97. The molecular formula is C18H16N2O2S. The number of aryl methyl sites for hydroxylation is 1. The molecule has 0 radical (unpaired) electrons. The van der Waals surface area contributed by atoms with Crippen molar-refractivity contribution in [1.82, 2.24) is 4.83 Å². The van der Waals surface area contributed by atoms with Gasteiger partial charge in [0.15, 0.2) is 11.0 Å². The van der Waals surface area contributed by atoms with Crippen LogP contribution in [-0.2, 0) is 11.0 Å². The molecule has 116 valence electrons. The highest BCUT2D eigenvalue weighted by Gasteiger charge is 2.05. The summed E-state index contributed by atoms with van der Waals surface area (Å²) in [7, 11) is -1.44. The third-order valence-corrected chi connectivity index (χ3v) is 4.48. The summed E-state index contributed by atoms with van der Waals surface area (Å²) in [6.07, 6.45) is 1.49. The smallest absolute Gasteiger partial charge is 0.166 e. The topological polar surface area (TPSA) is 61.7 Å². The van der Waals surface area contributed by atoms with Crippen LogP contribution in [0.15, 0.2) is 70.7 Å². The van der Waals surface area contributed by atoms with Gasteiger partial charge in [-0.15, -0.1) is 0 Å². The van der Waals surface area contributed by atoms with E-state index in [1.807, 2.05) is 49.4 Å². The number of nitrogens with one attached hydrogen (secondary N) is 1. The minimum absolute atomic E-state index is 0.135. The molecule has 3 aromatic rings. The summed E-state index contributed by atoms with van der Waals surface area (Å²) in [5, 5.41) is 15.9. The average molecular weight is 324 g/mol. The second-order valence-electron chi connectivity index (χ2n) is 5.15. The van der Waals surface area contributed by atoms with Crippen LogP contribution in [0.3, 0.4) is 0 Å². The van der Waals surface area contributed by atoms with Gasteiger partial charge in [0, 0.05) is 5.56 Å². The Bertz CT molecular complexity index is 889. The zero-order valence-corrected chi connectivity index (χ0v) is 13.4. The van der Waals surface area contributed by atoms with Gasteiger partial charge in [-0.1, -0.05) is 48.0 Å². The summed E-state index contributed by atoms with van der Waals surface area (Å²) in [4.78, 5) is 3.24. The third-order valence-electron chi connectivity index (χ3n) is 3.51. The fourth-order valence-electron chi connectivity index (χ4n) is 2.27. The van der Waals surface area contributed by atoms with Crippen LogP contribution in [0.2, 0.25) is 0 Å². The second kappa shape index (κ2) is 6.62. The molecule has 0 spiro atoms. The van der Waals surface area contributed by atoms with Crippen molar-refractivity contribution >= 4 is 28.0 Å². The Morgan fingerprint density at radius 1 is 1.04 bits per heavy atom. The summed E-state index contributed by atoms with van der Waals surface area (Å²) in [5.74, 6) is 0.135. The number of hydrogen-bond acceptors (Lipinski definition) is 3. The van der Waals surface area contributed by atoms with E-state index in [-0.39, 0.29) is 5.75 Å². The van der Waals surface area contributed by atoms with Gasteiger partial charge in [-0.25, -0.2) is 9.04 Å². The number of hydrogen-bond donors (Lipinski definition) is 2. The minimum Gasteiger partial charge on any atom is -0.507 e. The van der Waals surface area contributed by atoms with Crippen LogP contribution in [0.25, 0.3) is 10.8 Å². The Balaban J connectivity index is 1.82. The highest BCUT2D eigenvalue weighted by Crippen LogP contribution is 2.25. The van der Waals surface area contributed by atoms with E-state index in [1.54, 1.807) is 18.2 Å². The van der Waals surface area contributed by atoms with Crippen LogP contribution in [-0.4, -0.2) is 15.5 Å². The second-order valence-corrected chi connectivity index (χ2v) is 6.34. The maximum Gasteiger partial charge on any atom is 0.166 e. The molecule has 0 saturated heterocycles. The van der Waals surface area contributed by atoms with Crippen molar-refractivity contribution in [2.45, 2.75) is 11.8 Å². The highest BCUT2D eigenvalue weighted by atomic mass is 32.2. The largest absolute Gasteiger partial charge is 0.507 e. The zero-order chi connectivity index (χ0) is 16.2. The van der Waals surface area contributed by atoms with E-state index in [2.05, 4.69) is 9.93 Å². The van der Waals surface area contributed by atoms with Crippen molar-refractivity contribution in [3.05, 3.63) is 71.8 Å². The van der Waals surface area contributed by atoms with Gasteiger partial charge in [-0.2, -0.15) is 5.10 Å². The molecule has 0 aliphatic carbocycles. The first-order valence-corrected chi connectivity index (χ1v) is 8.28. The molecule has 1 atom stereocenters. The number of rotatable bonds is 4. The first kappa shape index (κ1) is 15.2. The van der Waals surface area contributed by atoms with Gasteiger partial charge < -0.3 is 5.11 Å². The fourth-order valence-corrected chi connectivity index (χ4v) is 2.91. The Kier molecular flexibility index (Phi) is 4.39. The molecule has 0 amide bonds. The molecule has 23 heavy (non-hydrogen) atoms. The van der Waals surface area contributed by atoms with Gasteiger partial charge in [0.25, 0.3) is 0 Å². The molecule has 4 nitrogen and oxygen atoms in total. The molecule has 0 bridgehead atoms. The van der Waals surface area contributed by atoms with E-state index in [9.17, 15) is 9.32 Å². The van der Waals surface area contributed by atoms with E-state index in [1.165, 1.54) is 6.21 Å². The van der Waals surface area contributed by atoms with Crippen molar-refractivity contribution in [3.8, 4) is 5.75 Å². The quantitative estimate of drug-likeness (QED) is 0.570. The fraction of sp³-hybridized carbons (Fsp3) is 0.0556. The van der Waals surface area contributed by atoms with Crippen molar-refractivity contribution in [2.75, 3.05) is 0 Å². The molecule has 0 fully saturated rings. The lowest BCUT2D eigenvalue weighted by Crippen LogP contribution is -2.10. The highest BCUT2D eigenvalue weighted by molar-refractivity contribution is 7.83. The Morgan fingerprint density at radius 3 is 2.57 bits per heavy atom. The number of fused-ring (bicyclic) bond motifs is 1. The first-order valence-electron chi connectivity index (χ1n) is 7.13. The molecule has 3 aromatic carbocycles. The zero-order valence-electron chi connectivity index (χ0n) is 12.6. The first-order chi connectivity index (χ1) is 11.1. The van der Waals surface area contributed by atoms with Crippen LogP contribution < -0.4 is 4.83 Å². The molecule has 0 heterocycles. The van der Waals surface area contributed by atoms with Gasteiger partial charge >= 0.3 is 0 Å². The Hall–Kier alpha value is -2.66. The molecule has 3 rings (SSSR count). The molecule has 0 saturated carbocycles. The van der Waals surface area contributed by atoms with Crippen molar-refractivity contribution in [1.29, 1.82) is 0 Å². The SMILES string of the molecule is Cc1ccc(S(=O)N/N=C/c2c(O)ccc3ccccc23)cc1. The van der Waals surface area contributed by atoms with Crippen LogP contribution in [0, 0.1) is 6.92 Å². The van der Waals surface area contributed by atoms with Crippen LogP contribution in [0.5, 0.6) is 5.75 Å². The lowest BCUT2D eigenvalue weighted by molar-refractivity contribution is 0.475. The van der Waals surface area contributed by atoms with Crippen LogP contribution >= 0.6 is 0 Å². The van der Waals surface area contributed by atoms with E-state index in [0.717, 1.165) is 16.3 Å². The summed E-state index contributed by atoms with van der Waals surface area (Å²) in [5.41, 5.74) is 1.70. The summed E-state index contributed by atoms with van der Waals surface area (Å²) < 4.78 is 12.1. The Labute approximate surface area is 137 Å².